The van der Waals surface area contributed by atoms with Crippen LogP contribution in [0.2, 0.25) is 0 Å². The Bertz CT molecular complexity index is 1050. The number of ether oxygens (including phenoxy) is 4. The quantitative estimate of drug-likeness (QED) is 0.622. The molecule has 1 aliphatic rings. The van der Waals surface area contributed by atoms with Gasteiger partial charge in [0.25, 0.3) is 0 Å². The number of rotatable bonds is 6. The highest BCUT2D eigenvalue weighted by Gasteiger charge is 2.22. The molecule has 1 aromatic heterocycles. The lowest BCUT2D eigenvalue weighted by Gasteiger charge is -2.14. The van der Waals surface area contributed by atoms with Gasteiger partial charge in [-0.3, -0.25) is 0 Å². The summed E-state index contributed by atoms with van der Waals surface area (Å²) in [5.74, 6) is 3.39. The van der Waals surface area contributed by atoms with Crippen LogP contribution < -0.4 is 18.9 Å². The summed E-state index contributed by atoms with van der Waals surface area (Å²) in [7, 11) is 6.52. The van der Waals surface area contributed by atoms with Crippen molar-refractivity contribution in [2.45, 2.75) is 19.3 Å². The topological polar surface area (TPSA) is 62.7 Å². The largest absolute Gasteiger partial charge is 0.493 e. The molecule has 1 heterocycles. The normalized spacial score (nSPS) is 12.4. The van der Waals surface area contributed by atoms with E-state index in [-0.39, 0.29) is 0 Å². The second-order valence-corrected chi connectivity index (χ2v) is 6.81. The lowest BCUT2D eigenvalue weighted by atomic mass is 10.0. The molecule has 6 heteroatoms. The minimum absolute atomic E-state index is 0.654. The molecule has 0 radical (unpaired) electrons. The molecule has 29 heavy (non-hydrogen) atoms. The smallest absolute Gasteiger partial charge is 0.161 e. The fraction of sp³-hybridized carbons (Fsp3) is 0.304. The number of fused-ring (bicyclic) bond motifs is 1. The fourth-order valence-corrected chi connectivity index (χ4v) is 3.76. The Labute approximate surface area is 170 Å². The van der Waals surface area contributed by atoms with Gasteiger partial charge >= 0.3 is 0 Å². The van der Waals surface area contributed by atoms with Crippen LogP contribution in [0.1, 0.15) is 17.7 Å². The summed E-state index contributed by atoms with van der Waals surface area (Å²) in [6.07, 6.45) is 3.02. The van der Waals surface area contributed by atoms with E-state index < -0.39 is 0 Å². The average Bonchev–Trinajstić information content (AvgIpc) is 3.26. The minimum Gasteiger partial charge on any atom is -0.493 e. The molecule has 0 aliphatic heterocycles. The molecule has 1 aliphatic carbocycles. The molecule has 2 aromatic carbocycles. The number of methoxy groups -OCH3 is 4. The van der Waals surface area contributed by atoms with Crippen LogP contribution in [-0.2, 0) is 12.8 Å². The molecule has 4 rings (SSSR count). The van der Waals surface area contributed by atoms with Gasteiger partial charge in [0.15, 0.2) is 28.8 Å². The van der Waals surface area contributed by atoms with Crippen molar-refractivity contribution in [1.82, 2.24) is 9.97 Å². The predicted octanol–water partition coefficient (Wildman–Crippen LogP) is 4.33. The molecule has 150 valence electrons. The Hall–Kier alpha value is -3.28. The van der Waals surface area contributed by atoms with E-state index in [1.165, 1.54) is 5.56 Å². The monoisotopic (exact) mass is 392 g/mol. The van der Waals surface area contributed by atoms with Gasteiger partial charge < -0.3 is 18.9 Å². The van der Waals surface area contributed by atoms with Crippen molar-refractivity contribution in [2.24, 2.45) is 0 Å². The highest BCUT2D eigenvalue weighted by Crippen LogP contribution is 2.38. The van der Waals surface area contributed by atoms with E-state index in [1.54, 1.807) is 28.4 Å². The summed E-state index contributed by atoms with van der Waals surface area (Å²) < 4.78 is 21.7. The van der Waals surface area contributed by atoms with Crippen LogP contribution >= 0.6 is 0 Å². The molecule has 0 amide bonds. The summed E-state index contributed by atoms with van der Waals surface area (Å²) in [5, 5.41) is 0. The van der Waals surface area contributed by atoms with Gasteiger partial charge in [-0.25, -0.2) is 9.97 Å². The Morgan fingerprint density at radius 3 is 1.86 bits per heavy atom. The first kappa shape index (κ1) is 19.1. The lowest BCUT2D eigenvalue weighted by molar-refractivity contribution is 0.355. The lowest BCUT2D eigenvalue weighted by Crippen LogP contribution is -2.01. The van der Waals surface area contributed by atoms with E-state index in [9.17, 15) is 0 Å². The second kappa shape index (κ2) is 7.99. The van der Waals surface area contributed by atoms with Crippen LogP contribution in [-0.4, -0.2) is 38.4 Å². The van der Waals surface area contributed by atoms with E-state index in [1.807, 2.05) is 36.4 Å². The highest BCUT2D eigenvalue weighted by atomic mass is 16.5. The molecular formula is C23H24N2O4. The summed E-state index contributed by atoms with van der Waals surface area (Å²) in [6, 6.07) is 11.6. The number of aryl methyl sites for hydroxylation is 1. The average molecular weight is 392 g/mol. The van der Waals surface area contributed by atoms with Gasteiger partial charge in [0.05, 0.1) is 34.1 Å². The summed E-state index contributed by atoms with van der Waals surface area (Å²) in [4.78, 5) is 9.80. The van der Waals surface area contributed by atoms with Crippen LogP contribution in [0.3, 0.4) is 0 Å². The Balaban J connectivity index is 1.86. The first-order valence-electron chi connectivity index (χ1n) is 9.53. The SMILES string of the molecule is COc1ccc(-c2nc3c(c(-c4ccc(OC)c(OC)c4)n2)CCC3)cc1OC. The van der Waals surface area contributed by atoms with E-state index >= 15 is 0 Å². The van der Waals surface area contributed by atoms with Crippen LogP contribution in [0, 0.1) is 0 Å². The van der Waals surface area contributed by atoms with Gasteiger partial charge in [-0.05, 0) is 55.7 Å². The van der Waals surface area contributed by atoms with Crippen molar-refractivity contribution in [3.05, 3.63) is 47.7 Å². The van der Waals surface area contributed by atoms with Gasteiger partial charge in [-0.15, -0.1) is 0 Å². The zero-order valence-corrected chi connectivity index (χ0v) is 17.1. The summed E-state index contributed by atoms with van der Waals surface area (Å²) in [6.45, 7) is 0. The Kier molecular flexibility index (Phi) is 5.25. The molecule has 0 saturated heterocycles. The molecule has 0 spiro atoms. The first-order chi connectivity index (χ1) is 14.2. The number of benzene rings is 2. The van der Waals surface area contributed by atoms with Crippen molar-refractivity contribution in [2.75, 3.05) is 28.4 Å². The van der Waals surface area contributed by atoms with Gasteiger partial charge in [-0.1, -0.05) is 0 Å². The maximum Gasteiger partial charge on any atom is 0.161 e. The zero-order chi connectivity index (χ0) is 20.4. The van der Waals surface area contributed by atoms with Crippen LogP contribution in [0.5, 0.6) is 23.0 Å². The fourth-order valence-electron chi connectivity index (χ4n) is 3.76. The number of aromatic nitrogens is 2. The van der Waals surface area contributed by atoms with E-state index in [0.717, 1.165) is 41.8 Å². The minimum atomic E-state index is 0.654. The third-order valence-corrected chi connectivity index (χ3v) is 5.23. The Morgan fingerprint density at radius 2 is 1.24 bits per heavy atom. The second-order valence-electron chi connectivity index (χ2n) is 6.81. The number of hydrogen-bond acceptors (Lipinski definition) is 6. The van der Waals surface area contributed by atoms with Crippen LogP contribution in [0.15, 0.2) is 36.4 Å². The highest BCUT2D eigenvalue weighted by molar-refractivity contribution is 5.71. The molecule has 0 unspecified atom stereocenters. The van der Waals surface area contributed by atoms with Crippen LogP contribution in [0.4, 0.5) is 0 Å². The van der Waals surface area contributed by atoms with Crippen molar-refractivity contribution in [1.29, 1.82) is 0 Å². The third-order valence-electron chi connectivity index (χ3n) is 5.23. The molecule has 0 saturated carbocycles. The maximum atomic E-state index is 5.49. The van der Waals surface area contributed by atoms with E-state index in [4.69, 9.17) is 28.9 Å². The standard InChI is InChI=1S/C23H24N2O4/c1-26-18-10-8-14(12-20(18)28-3)22-16-6-5-7-17(16)24-23(25-22)15-9-11-19(27-2)21(13-15)29-4/h8-13H,5-7H2,1-4H3. The molecule has 0 atom stereocenters. The summed E-state index contributed by atoms with van der Waals surface area (Å²) >= 11 is 0. The number of nitrogens with zero attached hydrogens (tertiary/aromatic N) is 2. The van der Waals surface area contributed by atoms with Gasteiger partial charge in [-0.2, -0.15) is 0 Å². The maximum absolute atomic E-state index is 5.49. The van der Waals surface area contributed by atoms with E-state index in [0.29, 0.717) is 28.8 Å². The summed E-state index contributed by atoms with van der Waals surface area (Å²) in [5.41, 5.74) is 5.14. The molecule has 0 N–H and O–H groups in total. The van der Waals surface area contributed by atoms with Gasteiger partial charge in [0.1, 0.15) is 0 Å². The molecular weight excluding hydrogens is 368 g/mol. The van der Waals surface area contributed by atoms with Crippen molar-refractivity contribution in [3.8, 4) is 45.6 Å². The predicted molar refractivity (Wildman–Crippen MR) is 111 cm³/mol. The third kappa shape index (κ3) is 3.46. The number of hydrogen-bond donors (Lipinski definition) is 0. The van der Waals surface area contributed by atoms with Crippen LogP contribution in [0.25, 0.3) is 22.6 Å². The molecule has 0 fully saturated rings. The van der Waals surface area contributed by atoms with Gasteiger partial charge in [0.2, 0.25) is 0 Å². The van der Waals surface area contributed by atoms with Crippen molar-refractivity contribution < 1.29 is 18.9 Å². The van der Waals surface area contributed by atoms with Crippen molar-refractivity contribution in [3.63, 3.8) is 0 Å². The molecule has 3 aromatic rings. The molecule has 6 nitrogen and oxygen atoms in total. The molecule has 0 bridgehead atoms. The first-order valence-corrected chi connectivity index (χ1v) is 9.53. The zero-order valence-electron chi connectivity index (χ0n) is 17.1. The van der Waals surface area contributed by atoms with Crippen molar-refractivity contribution >= 4 is 0 Å². The van der Waals surface area contributed by atoms with Gasteiger partial charge in [0, 0.05) is 22.4 Å². The Morgan fingerprint density at radius 1 is 0.655 bits per heavy atom. The van der Waals surface area contributed by atoms with E-state index in [2.05, 4.69) is 0 Å².